The molecule has 0 saturated carbocycles. The van der Waals surface area contributed by atoms with Crippen LogP contribution < -0.4 is 5.32 Å². The molecule has 3 atom stereocenters. The number of nitrogens with one attached hydrogen (secondary N) is 1. The third-order valence-electron chi connectivity index (χ3n) is 5.29. The summed E-state index contributed by atoms with van der Waals surface area (Å²) in [7, 11) is 0. The zero-order valence-electron chi connectivity index (χ0n) is 13.8. The number of hydrogen-bond donors (Lipinski definition) is 1. The standard InChI is InChI=1S/C20H20N2O2/c1-12-10-13(2)19-14-7-5-8-15(14)20(21-17(19)11-12)16-6-3-4-9-18(16)22(23)24/h3-7,9-11,14-15,20-21H,8H2,1-2H3/t14-,15+,20-/m0/s1. The fourth-order valence-electron chi connectivity index (χ4n) is 4.37. The third kappa shape index (κ3) is 2.21. The van der Waals surface area contributed by atoms with Gasteiger partial charge in [0.25, 0.3) is 5.69 Å². The molecule has 0 amide bonds. The van der Waals surface area contributed by atoms with E-state index in [-0.39, 0.29) is 16.7 Å². The summed E-state index contributed by atoms with van der Waals surface area (Å²) in [6.45, 7) is 4.24. The summed E-state index contributed by atoms with van der Waals surface area (Å²) in [5.74, 6) is 0.645. The quantitative estimate of drug-likeness (QED) is 0.479. The summed E-state index contributed by atoms with van der Waals surface area (Å²) in [4.78, 5) is 11.2. The molecule has 1 aliphatic heterocycles. The Morgan fingerprint density at radius 2 is 2.00 bits per heavy atom. The van der Waals surface area contributed by atoms with E-state index in [1.807, 2.05) is 12.1 Å². The van der Waals surface area contributed by atoms with Gasteiger partial charge in [-0.25, -0.2) is 0 Å². The number of allylic oxidation sites excluding steroid dienone is 2. The maximum atomic E-state index is 11.5. The van der Waals surface area contributed by atoms with Gasteiger partial charge in [-0.15, -0.1) is 0 Å². The van der Waals surface area contributed by atoms with E-state index in [9.17, 15) is 10.1 Å². The summed E-state index contributed by atoms with van der Waals surface area (Å²) in [6.07, 6.45) is 5.43. The number of rotatable bonds is 2. The minimum absolute atomic E-state index is 0.0414. The van der Waals surface area contributed by atoms with Gasteiger partial charge in [0.15, 0.2) is 0 Å². The highest BCUT2D eigenvalue weighted by molar-refractivity contribution is 5.64. The van der Waals surface area contributed by atoms with Crippen LogP contribution in [0.3, 0.4) is 0 Å². The van der Waals surface area contributed by atoms with Crippen molar-refractivity contribution in [3.05, 3.63) is 80.9 Å². The number of nitro benzene ring substituents is 1. The van der Waals surface area contributed by atoms with E-state index >= 15 is 0 Å². The van der Waals surface area contributed by atoms with Crippen molar-refractivity contribution in [2.75, 3.05) is 5.32 Å². The lowest BCUT2D eigenvalue weighted by Crippen LogP contribution is -2.30. The van der Waals surface area contributed by atoms with Crippen molar-refractivity contribution in [3.8, 4) is 0 Å². The van der Waals surface area contributed by atoms with Crippen LogP contribution in [-0.4, -0.2) is 4.92 Å². The molecule has 0 unspecified atom stereocenters. The van der Waals surface area contributed by atoms with Crippen LogP contribution in [0.5, 0.6) is 0 Å². The molecule has 24 heavy (non-hydrogen) atoms. The van der Waals surface area contributed by atoms with Crippen LogP contribution in [0.4, 0.5) is 11.4 Å². The van der Waals surface area contributed by atoms with Gasteiger partial charge >= 0.3 is 0 Å². The summed E-state index contributed by atoms with van der Waals surface area (Å²) in [6, 6.07) is 11.4. The molecular weight excluding hydrogens is 300 g/mol. The lowest BCUT2D eigenvalue weighted by atomic mass is 9.75. The first-order chi connectivity index (χ1) is 11.6. The lowest BCUT2D eigenvalue weighted by molar-refractivity contribution is -0.385. The molecule has 0 aromatic heterocycles. The van der Waals surface area contributed by atoms with Crippen LogP contribution in [0.1, 0.15) is 40.6 Å². The summed E-state index contributed by atoms with van der Waals surface area (Å²) >= 11 is 0. The largest absolute Gasteiger partial charge is 0.377 e. The number of benzene rings is 2. The minimum atomic E-state index is -0.272. The molecule has 2 aliphatic rings. The van der Waals surface area contributed by atoms with Gasteiger partial charge in [0, 0.05) is 17.7 Å². The van der Waals surface area contributed by atoms with Gasteiger partial charge in [-0.3, -0.25) is 10.1 Å². The van der Waals surface area contributed by atoms with Crippen LogP contribution in [0, 0.1) is 29.9 Å². The van der Waals surface area contributed by atoms with E-state index < -0.39 is 0 Å². The molecule has 0 saturated heterocycles. The number of nitrogens with zero attached hydrogens (tertiary/aromatic N) is 1. The van der Waals surface area contributed by atoms with Crippen molar-refractivity contribution in [2.45, 2.75) is 32.2 Å². The number of hydrogen-bond acceptors (Lipinski definition) is 3. The van der Waals surface area contributed by atoms with Crippen molar-refractivity contribution in [1.82, 2.24) is 0 Å². The zero-order valence-corrected chi connectivity index (χ0v) is 13.8. The maximum Gasteiger partial charge on any atom is 0.274 e. The van der Waals surface area contributed by atoms with Crippen LogP contribution in [0.2, 0.25) is 0 Å². The molecule has 2 aromatic carbocycles. The minimum Gasteiger partial charge on any atom is -0.377 e. The molecule has 0 bridgehead atoms. The Labute approximate surface area is 141 Å². The molecule has 1 N–H and O–H groups in total. The number of para-hydroxylation sites is 1. The first-order valence-electron chi connectivity index (χ1n) is 8.34. The van der Waals surface area contributed by atoms with Gasteiger partial charge in [-0.1, -0.05) is 36.4 Å². The number of fused-ring (bicyclic) bond motifs is 3. The van der Waals surface area contributed by atoms with E-state index in [4.69, 9.17) is 0 Å². The summed E-state index contributed by atoms with van der Waals surface area (Å²) in [5, 5.41) is 15.1. The van der Waals surface area contributed by atoms with E-state index in [0.717, 1.165) is 17.7 Å². The first-order valence-corrected chi connectivity index (χ1v) is 8.34. The van der Waals surface area contributed by atoms with Gasteiger partial charge in [-0.2, -0.15) is 0 Å². The van der Waals surface area contributed by atoms with Gasteiger partial charge in [0.2, 0.25) is 0 Å². The Morgan fingerprint density at radius 1 is 1.21 bits per heavy atom. The molecule has 1 heterocycles. The van der Waals surface area contributed by atoms with Crippen molar-refractivity contribution in [3.63, 3.8) is 0 Å². The molecule has 0 radical (unpaired) electrons. The van der Waals surface area contributed by atoms with Gasteiger partial charge < -0.3 is 5.32 Å². The molecule has 4 nitrogen and oxygen atoms in total. The van der Waals surface area contributed by atoms with Crippen LogP contribution in [0.25, 0.3) is 0 Å². The monoisotopic (exact) mass is 320 g/mol. The normalized spacial score (nSPS) is 24.2. The lowest BCUT2D eigenvalue weighted by Gasteiger charge is -2.38. The number of aryl methyl sites for hydroxylation is 2. The maximum absolute atomic E-state index is 11.5. The molecular formula is C20H20N2O2. The molecule has 1 aliphatic carbocycles. The van der Waals surface area contributed by atoms with Crippen LogP contribution >= 0.6 is 0 Å². The van der Waals surface area contributed by atoms with E-state index in [1.54, 1.807) is 12.1 Å². The molecule has 2 aromatic rings. The molecule has 0 fully saturated rings. The smallest absolute Gasteiger partial charge is 0.274 e. The highest BCUT2D eigenvalue weighted by Crippen LogP contribution is 2.52. The highest BCUT2D eigenvalue weighted by atomic mass is 16.6. The van der Waals surface area contributed by atoms with E-state index in [0.29, 0.717) is 11.8 Å². The second kappa shape index (κ2) is 5.48. The predicted octanol–water partition coefficient (Wildman–Crippen LogP) is 5.04. The van der Waals surface area contributed by atoms with Gasteiger partial charge in [0.05, 0.1) is 16.5 Å². The molecule has 4 rings (SSSR count). The Balaban J connectivity index is 1.86. The van der Waals surface area contributed by atoms with Crippen molar-refractivity contribution >= 4 is 11.4 Å². The topological polar surface area (TPSA) is 55.2 Å². The van der Waals surface area contributed by atoms with Gasteiger partial charge in [0.1, 0.15) is 0 Å². The average molecular weight is 320 g/mol. The van der Waals surface area contributed by atoms with Gasteiger partial charge in [-0.05, 0) is 48.9 Å². The van der Waals surface area contributed by atoms with Crippen LogP contribution in [-0.2, 0) is 0 Å². The van der Waals surface area contributed by atoms with Crippen molar-refractivity contribution in [2.24, 2.45) is 5.92 Å². The number of nitro groups is 1. The fourth-order valence-corrected chi connectivity index (χ4v) is 4.37. The fraction of sp³-hybridized carbons (Fsp3) is 0.300. The Bertz CT molecular complexity index is 857. The molecule has 4 heteroatoms. The van der Waals surface area contributed by atoms with E-state index in [2.05, 4.69) is 43.4 Å². The van der Waals surface area contributed by atoms with Crippen LogP contribution in [0.15, 0.2) is 48.6 Å². The average Bonchev–Trinajstić information content (AvgIpc) is 3.02. The Kier molecular flexibility index (Phi) is 3.41. The van der Waals surface area contributed by atoms with Crippen molar-refractivity contribution < 1.29 is 4.92 Å². The Morgan fingerprint density at radius 3 is 2.79 bits per heavy atom. The molecule has 0 spiro atoms. The van der Waals surface area contributed by atoms with Crippen molar-refractivity contribution in [1.29, 1.82) is 0 Å². The SMILES string of the molecule is Cc1cc(C)c2c(c1)N[C@H](c1ccccc1[N+](=O)[O-])[C@@H]1CC=C[C@H]21. The molecule has 122 valence electrons. The Hall–Kier alpha value is -2.62. The first kappa shape index (κ1) is 14.9. The number of anilines is 1. The second-order valence-electron chi connectivity index (χ2n) is 6.83. The summed E-state index contributed by atoms with van der Waals surface area (Å²) in [5.41, 5.74) is 5.94. The zero-order chi connectivity index (χ0) is 16.8. The summed E-state index contributed by atoms with van der Waals surface area (Å²) < 4.78 is 0. The predicted molar refractivity (Wildman–Crippen MR) is 95.4 cm³/mol. The highest BCUT2D eigenvalue weighted by Gasteiger charge is 2.40. The van der Waals surface area contributed by atoms with E-state index in [1.165, 1.54) is 16.7 Å². The third-order valence-corrected chi connectivity index (χ3v) is 5.29. The second-order valence-corrected chi connectivity index (χ2v) is 6.83.